The van der Waals surface area contributed by atoms with Crippen molar-refractivity contribution in [3.8, 4) is 0 Å². The highest BCUT2D eigenvalue weighted by molar-refractivity contribution is 9.09. The number of amidine groups is 1. The molecule has 0 aromatic rings. The lowest BCUT2D eigenvalue weighted by molar-refractivity contribution is 0.317. The summed E-state index contributed by atoms with van der Waals surface area (Å²) >= 11 is 3.21. The van der Waals surface area contributed by atoms with E-state index in [-0.39, 0.29) is 0 Å². The molecule has 0 rings (SSSR count). The molecule has 8 heavy (non-hydrogen) atoms. The maximum atomic E-state index is 8.01. The van der Waals surface area contributed by atoms with E-state index in [2.05, 4.69) is 21.1 Å². The number of oxime groups is 1. The van der Waals surface area contributed by atoms with Crippen molar-refractivity contribution in [3.63, 3.8) is 0 Å². The SMILES string of the molecule is N/C(CCCBr)=N/O. The van der Waals surface area contributed by atoms with Gasteiger partial charge in [0.05, 0.1) is 0 Å². The third kappa shape index (κ3) is 3.92. The van der Waals surface area contributed by atoms with Crippen molar-refractivity contribution in [3.05, 3.63) is 0 Å². The van der Waals surface area contributed by atoms with Gasteiger partial charge in [0.1, 0.15) is 5.84 Å². The molecule has 3 nitrogen and oxygen atoms in total. The second kappa shape index (κ2) is 4.90. The van der Waals surface area contributed by atoms with Crippen LogP contribution in [0.2, 0.25) is 0 Å². The molecule has 0 aliphatic rings. The summed E-state index contributed by atoms with van der Waals surface area (Å²) in [5.41, 5.74) is 5.14. The molecule has 0 aromatic heterocycles. The fraction of sp³-hybridized carbons (Fsp3) is 0.750. The molecule has 0 aromatic carbocycles. The van der Waals surface area contributed by atoms with Crippen LogP contribution in [0.3, 0.4) is 0 Å². The van der Waals surface area contributed by atoms with E-state index in [0.29, 0.717) is 12.3 Å². The molecule has 0 fully saturated rings. The number of rotatable bonds is 3. The highest BCUT2D eigenvalue weighted by Crippen LogP contribution is 1.92. The van der Waals surface area contributed by atoms with Crippen molar-refractivity contribution in [2.75, 3.05) is 5.33 Å². The molecule has 0 unspecified atom stereocenters. The molecule has 0 saturated carbocycles. The van der Waals surface area contributed by atoms with Crippen LogP contribution in [-0.2, 0) is 0 Å². The Balaban J connectivity index is 3.12. The minimum Gasteiger partial charge on any atom is -0.409 e. The summed E-state index contributed by atoms with van der Waals surface area (Å²) in [6.07, 6.45) is 1.57. The van der Waals surface area contributed by atoms with Crippen LogP contribution in [0.1, 0.15) is 12.8 Å². The Morgan fingerprint density at radius 3 is 2.75 bits per heavy atom. The summed E-state index contributed by atoms with van der Waals surface area (Å²) in [5, 5.41) is 11.7. The summed E-state index contributed by atoms with van der Waals surface area (Å²) in [6.45, 7) is 0. The van der Waals surface area contributed by atoms with Gasteiger partial charge in [0, 0.05) is 11.8 Å². The van der Waals surface area contributed by atoms with Gasteiger partial charge in [-0.25, -0.2) is 0 Å². The fourth-order valence-corrected chi connectivity index (χ4v) is 0.578. The fourth-order valence-electron chi connectivity index (χ4n) is 0.298. The van der Waals surface area contributed by atoms with E-state index in [9.17, 15) is 0 Å². The topological polar surface area (TPSA) is 58.6 Å². The van der Waals surface area contributed by atoms with E-state index < -0.39 is 0 Å². The monoisotopic (exact) mass is 180 g/mol. The third-order valence-corrected chi connectivity index (χ3v) is 1.26. The van der Waals surface area contributed by atoms with Crippen molar-refractivity contribution in [2.45, 2.75) is 12.8 Å². The molecule has 0 amide bonds. The zero-order valence-electron chi connectivity index (χ0n) is 4.47. The van der Waals surface area contributed by atoms with Crippen LogP contribution in [0.4, 0.5) is 0 Å². The maximum Gasteiger partial charge on any atom is 0.139 e. The number of nitrogens with two attached hydrogens (primary N) is 1. The smallest absolute Gasteiger partial charge is 0.139 e. The lowest BCUT2D eigenvalue weighted by Crippen LogP contribution is -2.10. The van der Waals surface area contributed by atoms with E-state index in [1.165, 1.54) is 0 Å². The van der Waals surface area contributed by atoms with E-state index in [1.54, 1.807) is 0 Å². The van der Waals surface area contributed by atoms with Crippen LogP contribution in [0.5, 0.6) is 0 Å². The van der Waals surface area contributed by atoms with Gasteiger partial charge in [-0.1, -0.05) is 21.1 Å². The van der Waals surface area contributed by atoms with Crippen molar-refractivity contribution in [1.29, 1.82) is 0 Å². The molecule has 0 aliphatic carbocycles. The highest BCUT2D eigenvalue weighted by atomic mass is 79.9. The Hall–Kier alpha value is -0.250. The second-order valence-electron chi connectivity index (χ2n) is 1.38. The van der Waals surface area contributed by atoms with Gasteiger partial charge >= 0.3 is 0 Å². The average Bonchev–Trinajstić information content (AvgIpc) is 1.83. The van der Waals surface area contributed by atoms with Crippen LogP contribution in [0, 0.1) is 0 Å². The molecule has 48 valence electrons. The molecular formula is C4H9BrN2O. The normalized spacial score (nSPS) is 11.9. The van der Waals surface area contributed by atoms with Crippen LogP contribution in [0.15, 0.2) is 5.16 Å². The van der Waals surface area contributed by atoms with E-state index in [4.69, 9.17) is 10.9 Å². The lowest BCUT2D eigenvalue weighted by atomic mass is 10.3. The van der Waals surface area contributed by atoms with E-state index in [1.807, 2.05) is 0 Å². The van der Waals surface area contributed by atoms with Gasteiger partial charge in [-0.3, -0.25) is 0 Å². The van der Waals surface area contributed by atoms with E-state index >= 15 is 0 Å². The van der Waals surface area contributed by atoms with Crippen molar-refractivity contribution in [1.82, 2.24) is 0 Å². The first kappa shape index (κ1) is 7.75. The Kier molecular flexibility index (Phi) is 4.75. The number of hydrogen-bond acceptors (Lipinski definition) is 2. The van der Waals surface area contributed by atoms with Crippen LogP contribution >= 0.6 is 15.9 Å². The van der Waals surface area contributed by atoms with Crippen LogP contribution < -0.4 is 5.73 Å². The molecule has 4 heteroatoms. The second-order valence-corrected chi connectivity index (χ2v) is 2.18. The molecule has 0 bridgehead atoms. The Bertz CT molecular complexity index is 84.1. The average molecular weight is 181 g/mol. The molecule has 0 radical (unpaired) electrons. The van der Waals surface area contributed by atoms with Crippen molar-refractivity contribution < 1.29 is 5.21 Å². The van der Waals surface area contributed by atoms with Crippen LogP contribution in [-0.4, -0.2) is 16.4 Å². The predicted molar refractivity (Wildman–Crippen MR) is 36.4 cm³/mol. The van der Waals surface area contributed by atoms with Gasteiger partial charge in [0.15, 0.2) is 0 Å². The highest BCUT2D eigenvalue weighted by Gasteiger charge is 1.88. The first-order chi connectivity index (χ1) is 3.81. The van der Waals surface area contributed by atoms with Crippen molar-refractivity contribution >= 4 is 21.8 Å². The first-order valence-electron chi connectivity index (χ1n) is 2.33. The summed E-state index contributed by atoms with van der Waals surface area (Å²) < 4.78 is 0. The molecule has 0 saturated heterocycles. The molecular weight excluding hydrogens is 172 g/mol. The third-order valence-electron chi connectivity index (χ3n) is 0.695. The maximum absolute atomic E-state index is 8.01. The summed E-state index contributed by atoms with van der Waals surface area (Å²) in [4.78, 5) is 0. The number of halogens is 1. The van der Waals surface area contributed by atoms with Crippen molar-refractivity contribution in [2.24, 2.45) is 10.9 Å². The largest absolute Gasteiger partial charge is 0.409 e. The Morgan fingerprint density at radius 1 is 1.75 bits per heavy atom. The minimum atomic E-state index is 0.296. The van der Waals surface area contributed by atoms with Gasteiger partial charge in [-0.2, -0.15) is 0 Å². The Labute approximate surface area is 56.7 Å². The van der Waals surface area contributed by atoms with Gasteiger partial charge in [0.25, 0.3) is 0 Å². The predicted octanol–water partition coefficient (Wildman–Crippen LogP) is 0.908. The van der Waals surface area contributed by atoms with Gasteiger partial charge in [-0.05, 0) is 6.42 Å². The molecule has 0 aliphatic heterocycles. The van der Waals surface area contributed by atoms with Gasteiger partial charge in [-0.15, -0.1) is 0 Å². The number of alkyl halides is 1. The Morgan fingerprint density at radius 2 is 2.38 bits per heavy atom. The number of nitrogens with zero attached hydrogens (tertiary/aromatic N) is 1. The lowest BCUT2D eigenvalue weighted by Gasteiger charge is -1.91. The van der Waals surface area contributed by atoms with Crippen LogP contribution in [0.25, 0.3) is 0 Å². The molecule has 0 spiro atoms. The summed E-state index contributed by atoms with van der Waals surface area (Å²) in [7, 11) is 0. The quantitative estimate of drug-likeness (QED) is 0.223. The van der Waals surface area contributed by atoms with Gasteiger partial charge < -0.3 is 10.9 Å². The molecule has 0 heterocycles. The molecule has 0 atom stereocenters. The zero-order chi connectivity index (χ0) is 6.41. The standard InChI is InChI=1S/C4H9BrN2O/c5-3-1-2-4(6)7-8/h8H,1-3H2,(H2,6,7). The zero-order valence-corrected chi connectivity index (χ0v) is 6.06. The molecule has 3 N–H and O–H groups in total. The van der Waals surface area contributed by atoms with E-state index in [0.717, 1.165) is 11.8 Å². The first-order valence-corrected chi connectivity index (χ1v) is 3.45. The summed E-state index contributed by atoms with van der Waals surface area (Å²) in [5.74, 6) is 0.296. The minimum absolute atomic E-state index is 0.296. The number of hydrogen-bond donors (Lipinski definition) is 2. The van der Waals surface area contributed by atoms with Gasteiger partial charge in [0.2, 0.25) is 0 Å². The summed E-state index contributed by atoms with van der Waals surface area (Å²) in [6, 6.07) is 0.